The highest BCUT2D eigenvalue weighted by atomic mass is 32.1. The van der Waals surface area contributed by atoms with Crippen molar-refractivity contribution in [2.45, 2.75) is 45.7 Å². The van der Waals surface area contributed by atoms with Gasteiger partial charge in [0.1, 0.15) is 0 Å². The van der Waals surface area contributed by atoms with Crippen LogP contribution >= 0.6 is 11.7 Å². The Hall–Kier alpha value is -1.27. The molecule has 19 heavy (non-hydrogen) atoms. The average Bonchev–Trinajstić information content (AvgIpc) is 3.05. The lowest BCUT2D eigenvalue weighted by Gasteiger charge is -2.14. The lowest BCUT2D eigenvalue weighted by atomic mass is 10.1. The molecule has 1 atom stereocenters. The Morgan fingerprint density at radius 1 is 1.42 bits per heavy atom. The van der Waals surface area contributed by atoms with E-state index in [4.69, 9.17) is 0 Å². The maximum Gasteiger partial charge on any atom is 0.0916 e. The fraction of sp³-hybridized carbons (Fsp3) is 0.615. The monoisotopic (exact) mass is 279 g/mol. The van der Waals surface area contributed by atoms with Crippen LogP contribution in [0.15, 0.2) is 18.5 Å². The van der Waals surface area contributed by atoms with Crippen molar-refractivity contribution in [1.82, 2.24) is 23.8 Å². The molecule has 0 bridgehead atoms. The smallest absolute Gasteiger partial charge is 0.0916 e. The van der Waals surface area contributed by atoms with E-state index in [1.54, 1.807) is 0 Å². The maximum atomic E-state index is 4.60. The Kier molecular flexibility index (Phi) is 5.04. The third kappa shape index (κ3) is 3.84. The molecule has 2 aromatic heterocycles. The van der Waals surface area contributed by atoms with Crippen LogP contribution in [0.2, 0.25) is 0 Å². The molecule has 1 unspecified atom stereocenters. The first-order valence-electron chi connectivity index (χ1n) is 6.75. The fourth-order valence-corrected chi connectivity index (χ4v) is 2.38. The molecular formula is C13H21N5S. The van der Waals surface area contributed by atoms with Crippen LogP contribution in [0.25, 0.3) is 0 Å². The fourth-order valence-electron chi connectivity index (χ4n) is 1.91. The molecule has 0 fully saturated rings. The number of nitrogens with zero attached hydrogens (tertiary/aromatic N) is 4. The maximum absolute atomic E-state index is 4.60. The van der Waals surface area contributed by atoms with E-state index in [2.05, 4.69) is 46.0 Å². The third-order valence-corrected chi connectivity index (χ3v) is 3.47. The summed E-state index contributed by atoms with van der Waals surface area (Å²) < 4.78 is 10.4. The minimum atomic E-state index is 0.203. The first kappa shape index (κ1) is 14.1. The van der Waals surface area contributed by atoms with Crippen molar-refractivity contribution in [2.24, 2.45) is 0 Å². The summed E-state index contributed by atoms with van der Waals surface area (Å²) in [6.45, 7) is 7.41. The summed E-state index contributed by atoms with van der Waals surface area (Å²) in [5, 5.41) is 8.11. The first-order chi connectivity index (χ1) is 9.20. The molecule has 1 N–H and O–H groups in total. The zero-order valence-corrected chi connectivity index (χ0v) is 12.5. The Bertz CT molecular complexity index is 477. The van der Waals surface area contributed by atoms with Crippen molar-refractivity contribution >= 4 is 11.7 Å². The predicted molar refractivity (Wildman–Crippen MR) is 77.3 cm³/mol. The molecule has 2 rings (SSSR count). The molecule has 104 valence electrons. The summed E-state index contributed by atoms with van der Waals surface area (Å²) in [6, 6.07) is 2.69. The number of nitrogens with one attached hydrogen (secondary N) is 1. The van der Waals surface area contributed by atoms with E-state index in [1.807, 2.05) is 17.1 Å². The normalized spacial score (nSPS) is 13.1. The summed E-state index contributed by atoms with van der Waals surface area (Å²) in [6.07, 6.45) is 5.84. The van der Waals surface area contributed by atoms with Gasteiger partial charge in [-0.05, 0) is 32.9 Å². The zero-order chi connectivity index (χ0) is 13.7. The van der Waals surface area contributed by atoms with Crippen LogP contribution in [0.3, 0.4) is 0 Å². The minimum Gasteiger partial charge on any atom is -0.308 e. The van der Waals surface area contributed by atoms with Crippen LogP contribution in [-0.2, 0) is 6.42 Å². The molecule has 2 heterocycles. The van der Waals surface area contributed by atoms with Crippen molar-refractivity contribution in [1.29, 1.82) is 0 Å². The molecule has 0 saturated heterocycles. The Labute approximate surface area is 118 Å². The van der Waals surface area contributed by atoms with Crippen molar-refractivity contribution in [3.05, 3.63) is 29.8 Å². The van der Waals surface area contributed by atoms with Crippen molar-refractivity contribution < 1.29 is 0 Å². The molecule has 6 heteroatoms. The van der Waals surface area contributed by atoms with Crippen LogP contribution in [0.4, 0.5) is 0 Å². The van der Waals surface area contributed by atoms with Crippen molar-refractivity contribution in [3.63, 3.8) is 0 Å². The molecule has 0 spiro atoms. The van der Waals surface area contributed by atoms with Crippen LogP contribution in [0, 0.1) is 0 Å². The number of aromatic nitrogens is 4. The second-order valence-electron chi connectivity index (χ2n) is 4.92. The highest BCUT2D eigenvalue weighted by Gasteiger charge is 2.16. The molecule has 2 aromatic rings. The van der Waals surface area contributed by atoms with E-state index in [1.165, 1.54) is 11.7 Å². The van der Waals surface area contributed by atoms with E-state index >= 15 is 0 Å². The summed E-state index contributed by atoms with van der Waals surface area (Å²) in [4.78, 5) is 0. The van der Waals surface area contributed by atoms with E-state index in [0.717, 1.165) is 30.8 Å². The lowest BCUT2D eigenvalue weighted by Crippen LogP contribution is -2.24. The highest BCUT2D eigenvalue weighted by Crippen LogP contribution is 2.16. The van der Waals surface area contributed by atoms with Gasteiger partial charge >= 0.3 is 0 Å². The highest BCUT2D eigenvalue weighted by molar-refractivity contribution is 6.99. The van der Waals surface area contributed by atoms with E-state index in [-0.39, 0.29) is 6.04 Å². The number of hydrogen-bond donors (Lipinski definition) is 1. The molecule has 0 saturated carbocycles. The van der Waals surface area contributed by atoms with Gasteiger partial charge in [-0.15, -0.1) is 0 Å². The molecule has 0 radical (unpaired) electrons. The first-order valence-corrected chi connectivity index (χ1v) is 7.48. The summed E-state index contributed by atoms with van der Waals surface area (Å²) in [5.41, 5.74) is 2.10. The molecule has 0 aliphatic rings. The molecule has 0 aliphatic carbocycles. The predicted octanol–water partition coefficient (Wildman–Crippen LogP) is 2.60. The standard InChI is InChI=1S/C13H21N5S/c1-4-6-14-12(13-9-15-19-17-13)8-11-5-7-18(16-11)10(2)3/h5,7,9-10,12,14H,4,6,8H2,1-3H3. The number of rotatable bonds is 7. The second kappa shape index (κ2) is 6.77. The van der Waals surface area contributed by atoms with Gasteiger partial charge in [-0.2, -0.15) is 13.8 Å². The van der Waals surface area contributed by atoms with Gasteiger partial charge in [0.15, 0.2) is 0 Å². The van der Waals surface area contributed by atoms with Gasteiger partial charge in [-0.25, -0.2) is 0 Å². The summed E-state index contributed by atoms with van der Waals surface area (Å²) in [7, 11) is 0. The van der Waals surface area contributed by atoms with Gasteiger partial charge in [-0.3, -0.25) is 4.68 Å². The van der Waals surface area contributed by atoms with Crippen LogP contribution in [-0.4, -0.2) is 25.1 Å². The molecule has 0 aliphatic heterocycles. The van der Waals surface area contributed by atoms with E-state index in [0.29, 0.717) is 6.04 Å². The summed E-state index contributed by atoms with van der Waals surface area (Å²) >= 11 is 1.26. The third-order valence-electron chi connectivity index (χ3n) is 2.98. The Balaban J connectivity index is 2.06. The summed E-state index contributed by atoms with van der Waals surface area (Å²) in [5.74, 6) is 0. The zero-order valence-electron chi connectivity index (χ0n) is 11.7. The second-order valence-corrected chi connectivity index (χ2v) is 5.48. The topological polar surface area (TPSA) is 55.6 Å². The quantitative estimate of drug-likeness (QED) is 0.846. The van der Waals surface area contributed by atoms with Crippen molar-refractivity contribution in [3.8, 4) is 0 Å². The lowest BCUT2D eigenvalue weighted by molar-refractivity contribution is 0.495. The number of hydrogen-bond acceptors (Lipinski definition) is 5. The van der Waals surface area contributed by atoms with Crippen LogP contribution < -0.4 is 5.32 Å². The van der Waals surface area contributed by atoms with E-state index in [9.17, 15) is 0 Å². The largest absolute Gasteiger partial charge is 0.308 e. The van der Waals surface area contributed by atoms with Crippen LogP contribution in [0.5, 0.6) is 0 Å². The minimum absolute atomic E-state index is 0.203. The van der Waals surface area contributed by atoms with Crippen molar-refractivity contribution in [2.75, 3.05) is 6.54 Å². The Morgan fingerprint density at radius 2 is 2.26 bits per heavy atom. The van der Waals surface area contributed by atoms with Gasteiger partial charge in [0.25, 0.3) is 0 Å². The van der Waals surface area contributed by atoms with E-state index < -0.39 is 0 Å². The van der Waals surface area contributed by atoms with Gasteiger partial charge < -0.3 is 5.32 Å². The molecule has 5 nitrogen and oxygen atoms in total. The molecule has 0 amide bonds. The Morgan fingerprint density at radius 3 is 2.84 bits per heavy atom. The van der Waals surface area contributed by atoms with Gasteiger partial charge in [0.2, 0.25) is 0 Å². The average molecular weight is 279 g/mol. The van der Waals surface area contributed by atoms with Crippen LogP contribution in [0.1, 0.15) is 50.7 Å². The molecule has 0 aromatic carbocycles. The van der Waals surface area contributed by atoms with Gasteiger partial charge in [-0.1, -0.05) is 6.92 Å². The van der Waals surface area contributed by atoms with Gasteiger partial charge in [0.05, 0.1) is 35.4 Å². The van der Waals surface area contributed by atoms with Gasteiger partial charge in [0, 0.05) is 18.7 Å². The SMILES string of the molecule is CCCNC(Cc1ccn(C(C)C)n1)c1cnsn1. The molecular weight excluding hydrogens is 258 g/mol.